The molecule has 79 heavy (non-hydrogen) atoms. The highest BCUT2D eigenvalue weighted by molar-refractivity contribution is 5.71. The van der Waals surface area contributed by atoms with Crippen LogP contribution < -0.4 is 0 Å². The Morgan fingerprint density at radius 3 is 0.772 bits per heavy atom. The molecule has 6 nitrogen and oxygen atoms in total. The number of ether oxygens (including phenoxy) is 3. The highest BCUT2D eigenvalue weighted by atomic mass is 16.6. The van der Waals surface area contributed by atoms with Gasteiger partial charge in [-0.15, -0.1) is 0 Å². The molecule has 0 aromatic carbocycles. The van der Waals surface area contributed by atoms with Crippen LogP contribution in [-0.2, 0) is 28.6 Å². The summed E-state index contributed by atoms with van der Waals surface area (Å²) in [7, 11) is 0. The van der Waals surface area contributed by atoms with Gasteiger partial charge < -0.3 is 14.2 Å². The average Bonchev–Trinajstić information content (AvgIpc) is 3.45. The molecule has 1 unspecified atom stereocenters. The van der Waals surface area contributed by atoms with E-state index in [1.807, 2.05) is 0 Å². The fourth-order valence-electron chi connectivity index (χ4n) is 10.6. The van der Waals surface area contributed by atoms with Crippen LogP contribution in [0.5, 0.6) is 0 Å². The number of esters is 3. The average molecular weight is 1110 g/mol. The molecule has 0 aliphatic rings. The van der Waals surface area contributed by atoms with Gasteiger partial charge in [0.2, 0.25) is 0 Å². The zero-order valence-corrected chi connectivity index (χ0v) is 53.2. The second-order valence-corrected chi connectivity index (χ2v) is 23.8. The lowest BCUT2D eigenvalue weighted by Crippen LogP contribution is -2.30. The van der Waals surface area contributed by atoms with E-state index in [9.17, 15) is 14.4 Å². The van der Waals surface area contributed by atoms with Crippen LogP contribution in [0.15, 0.2) is 48.6 Å². The maximum absolute atomic E-state index is 13.0. The first kappa shape index (κ1) is 76.4. The molecule has 0 saturated heterocycles. The van der Waals surface area contributed by atoms with Crippen LogP contribution in [0.3, 0.4) is 0 Å². The van der Waals surface area contributed by atoms with Crippen molar-refractivity contribution in [3.05, 3.63) is 48.6 Å². The lowest BCUT2D eigenvalue weighted by molar-refractivity contribution is -0.167. The van der Waals surface area contributed by atoms with E-state index in [2.05, 4.69) is 69.4 Å². The predicted octanol–water partition coefficient (Wildman–Crippen LogP) is 24.1. The Kier molecular flexibility index (Phi) is 65.6. The molecule has 0 aliphatic carbocycles. The summed E-state index contributed by atoms with van der Waals surface area (Å²) in [4.78, 5) is 38.5. The van der Waals surface area contributed by atoms with Gasteiger partial charge in [-0.05, 0) is 57.8 Å². The quantitative estimate of drug-likeness (QED) is 0.0261. The number of rotatable bonds is 65. The third-order valence-electron chi connectivity index (χ3n) is 15.8. The monoisotopic (exact) mass is 1110 g/mol. The van der Waals surface area contributed by atoms with Gasteiger partial charge in [0.25, 0.3) is 0 Å². The van der Waals surface area contributed by atoms with Crippen LogP contribution in [0.25, 0.3) is 0 Å². The first-order chi connectivity index (χ1) is 39.0. The van der Waals surface area contributed by atoms with Crippen molar-refractivity contribution in [3.63, 3.8) is 0 Å². The minimum atomic E-state index is -0.776. The van der Waals surface area contributed by atoms with Gasteiger partial charge in [-0.3, -0.25) is 14.4 Å². The fraction of sp³-hybridized carbons (Fsp3) is 0.849. The Balaban J connectivity index is 4.32. The Labute approximate surface area is 492 Å². The molecule has 1 atom stereocenters. The standard InChI is InChI=1S/C73H134O6/c1-4-7-10-13-16-19-22-25-28-31-34-36-38-39-42-45-48-51-54-57-60-63-66-72(75)78-69-70(68-77-71(74)65-62-59-56-53-50-47-44-41-33-30-27-24-21-18-15-12-9-6-3)79-73(76)67-64-61-58-55-52-49-46-43-40-37-35-32-29-26-23-20-17-14-11-8-5-2/h8,11,17,20,26,29,35,37,70H,4-7,9-10,12-16,18-19,21-25,27-28,30-34,36,38-69H2,1-3H3/b11-8-,20-17-,29-26-,37-35-. The molecule has 0 bridgehead atoms. The summed E-state index contributed by atoms with van der Waals surface area (Å²) in [5, 5.41) is 0. The number of carbonyl (C=O) groups is 3. The van der Waals surface area contributed by atoms with Crippen molar-refractivity contribution >= 4 is 17.9 Å². The minimum absolute atomic E-state index is 0.0708. The topological polar surface area (TPSA) is 78.9 Å². The molecule has 0 heterocycles. The Morgan fingerprint density at radius 2 is 0.494 bits per heavy atom. The van der Waals surface area contributed by atoms with Crippen LogP contribution in [0.4, 0.5) is 0 Å². The van der Waals surface area contributed by atoms with E-state index in [0.717, 1.165) is 89.9 Å². The van der Waals surface area contributed by atoms with Gasteiger partial charge in [-0.2, -0.15) is 0 Å². The van der Waals surface area contributed by atoms with Gasteiger partial charge >= 0.3 is 17.9 Å². The molecule has 0 radical (unpaired) electrons. The van der Waals surface area contributed by atoms with Gasteiger partial charge in [0.15, 0.2) is 6.10 Å². The molecule has 0 saturated carbocycles. The molecular formula is C73H134O6. The minimum Gasteiger partial charge on any atom is -0.462 e. The molecule has 462 valence electrons. The molecule has 0 amide bonds. The predicted molar refractivity (Wildman–Crippen MR) is 344 cm³/mol. The van der Waals surface area contributed by atoms with Crippen LogP contribution in [0.1, 0.15) is 380 Å². The van der Waals surface area contributed by atoms with E-state index in [-0.39, 0.29) is 31.1 Å². The SMILES string of the molecule is CC/C=C\C/C=C\C/C=C\C/C=C\CCCCCCCCCCC(=O)OC(COC(=O)CCCCCCCCCCCCCCCCCCCC)COC(=O)CCCCCCCCCCCCCCCCCCCCCCCC. The molecule has 0 fully saturated rings. The van der Waals surface area contributed by atoms with Gasteiger partial charge in [0.1, 0.15) is 13.2 Å². The van der Waals surface area contributed by atoms with Crippen molar-refractivity contribution in [2.75, 3.05) is 13.2 Å². The van der Waals surface area contributed by atoms with Crippen molar-refractivity contribution in [1.29, 1.82) is 0 Å². The summed E-state index contributed by atoms with van der Waals surface area (Å²) in [6, 6.07) is 0. The summed E-state index contributed by atoms with van der Waals surface area (Å²) in [5.74, 6) is -0.849. The molecule has 0 N–H and O–H groups in total. The maximum Gasteiger partial charge on any atom is 0.306 e. The Morgan fingerprint density at radius 1 is 0.266 bits per heavy atom. The van der Waals surface area contributed by atoms with Crippen molar-refractivity contribution in [1.82, 2.24) is 0 Å². The van der Waals surface area contributed by atoms with Crippen LogP contribution in [-0.4, -0.2) is 37.2 Å². The fourth-order valence-corrected chi connectivity index (χ4v) is 10.6. The Bertz CT molecular complexity index is 1360. The molecule has 0 spiro atoms. The van der Waals surface area contributed by atoms with E-state index in [4.69, 9.17) is 14.2 Å². The lowest BCUT2D eigenvalue weighted by Gasteiger charge is -2.18. The van der Waals surface area contributed by atoms with E-state index in [1.165, 1.54) is 250 Å². The van der Waals surface area contributed by atoms with Crippen molar-refractivity contribution < 1.29 is 28.6 Å². The lowest BCUT2D eigenvalue weighted by atomic mass is 10.0. The van der Waals surface area contributed by atoms with Crippen molar-refractivity contribution in [2.24, 2.45) is 0 Å². The number of hydrogen-bond donors (Lipinski definition) is 0. The smallest absolute Gasteiger partial charge is 0.306 e. The van der Waals surface area contributed by atoms with Crippen LogP contribution in [0, 0.1) is 0 Å². The van der Waals surface area contributed by atoms with E-state index in [0.29, 0.717) is 19.3 Å². The number of carbonyl (C=O) groups excluding carboxylic acids is 3. The second kappa shape index (κ2) is 67.9. The van der Waals surface area contributed by atoms with Gasteiger partial charge in [-0.25, -0.2) is 0 Å². The number of hydrogen-bond acceptors (Lipinski definition) is 6. The van der Waals surface area contributed by atoms with Gasteiger partial charge in [0, 0.05) is 19.3 Å². The van der Waals surface area contributed by atoms with E-state index < -0.39 is 6.10 Å². The third-order valence-corrected chi connectivity index (χ3v) is 15.8. The van der Waals surface area contributed by atoms with E-state index in [1.54, 1.807) is 0 Å². The molecule has 0 aromatic rings. The maximum atomic E-state index is 13.0. The first-order valence-electron chi connectivity index (χ1n) is 35.1. The highest BCUT2D eigenvalue weighted by Crippen LogP contribution is 2.19. The van der Waals surface area contributed by atoms with Crippen molar-refractivity contribution in [2.45, 2.75) is 386 Å². The summed E-state index contributed by atoms with van der Waals surface area (Å²) >= 11 is 0. The van der Waals surface area contributed by atoms with Crippen molar-refractivity contribution in [3.8, 4) is 0 Å². The largest absolute Gasteiger partial charge is 0.462 e. The zero-order chi connectivity index (χ0) is 57.1. The summed E-state index contributed by atoms with van der Waals surface area (Å²) in [5.41, 5.74) is 0. The summed E-state index contributed by atoms with van der Waals surface area (Å²) in [6.07, 6.45) is 85.6. The number of allylic oxidation sites excluding steroid dienone is 8. The van der Waals surface area contributed by atoms with Crippen LogP contribution in [0.2, 0.25) is 0 Å². The zero-order valence-electron chi connectivity index (χ0n) is 53.2. The second-order valence-electron chi connectivity index (χ2n) is 23.8. The Hall–Kier alpha value is -2.63. The van der Waals surface area contributed by atoms with Gasteiger partial charge in [0.05, 0.1) is 0 Å². The molecule has 0 aliphatic heterocycles. The summed E-state index contributed by atoms with van der Waals surface area (Å²) in [6.45, 7) is 6.60. The van der Waals surface area contributed by atoms with Crippen LogP contribution >= 0.6 is 0 Å². The highest BCUT2D eigenvalue weighted by Gasteiger charge is 2.19. The molecular weight excluding hydrogens is 973 g/mol. The first-order valence-corrected chi connectivity index (χ1v) is 35.1. The number of unbranched alkanes of at least 4 members (excludes halogenated alkanes) is 46. The molecule has 6 heteroatoms. The van der Waals surface area contributed by atoms with Gasteiger partial charge in [-0.1, -0.05) is 352 Å². The van der Waals surface area contributed by atoms with E-state index >= 15 is 0 Å². The third kappa shape index (κ3) is 66.1. The molecule has 0 rings (SSSR count). The normalized spacial score (nSPS) is 12.3. The summed E-state index contributed by atoms with van der Waals surface area (Å²) < 4.78 is 17.0. The molecule has 0 aromatic heterocycles.